The molecule has 1 fully saturated rings. The lowest BCUT2D eigenvalue weighted by Gasteiger charge is -2.36. The van der Waals surface area contributed by atoms with Crippen molar-refractivity contribution in [2.45, 2.75) is 18.9 Å². The Morgan fingerprint density at radius 1 is 1.26 bits per heavy atom. The molecular weight excluding hydrogens is 279 g/mol. The summed E-state index contributed by atoms with van der Waals surface area (Å²) in [6.45, 7) is 7.92. The lowest BCUT2D eigenvalue weighted by atomic mass is 9.99. The van der Waals surface area contributed by atoms with Crippen LogP contribution in [-0.2, 0) is 0 Å². The molecule has 1 N–H and O–H groups in total. The van der Waals surface area contributed by atoms with E-state index >= 15 is 0 Å². The highest BCUT2D eigenvalue weighted by molar-refractivity contribution is 6.36. The van der Waals surface area contributed by atoms with Crippen molar-refractivity contribution in [3.8, 4) is 0 Å². The largest absolute Gasteiger partial charge is 0.314 e. The van der Waals surface area contributed by atoms with Gasteiger partial charge in [-0.2, -0.15) is 0 Å². The Balaban J connectivity index is 2.27. The first-order valence-electron chi connectivity index (χ1n) is 6.73. The minimum absolute atomic E-state index is 0.279. The number of rotatable bonds is 5. The van der Waals surface area contributed by atoms with Gasteiger partial charge in [0.05, 0.1) is 0 Å². The van der Waals surface area contributed by atoms with Crippen LogP contribution in [0.25, 0.3) is 0 Å². The Hall–Kier alpha value is -0.540. The second kappa shape index (κ2) is 7.30. The summed E-state index contributed by atoms with van der Waals surface area (Å²) in [7, 11) is 0. The molecule has 104 valence electrons. The minimum Gasteiger partial charge on any atom is -0.314 e. The quantitative estimate of drug-likeness (QED) is 0.829. The van der Waals surface area contributed by atoms with E-state index in [0.29, 0.717) is 0 Å². The number of halogens is 2. The molecule has 0 saturated carbocycles. The first-order valence-corrected chi connectivity index (χ1v) is 7.49. The van der Waals surface area contributed by atoms with Crippen molar-refractivity contribution >= 4 is 23.2 Å². The van der Waals surface area contributed by atoms with E-state index in [4.69, 9.17) is 23.2 Å². The number of piperazine rings is 1. The van der Waals surface area contributed by atoms with Crippen molar-refractivity contribution in [1.29, 1.82) is 0 Å². The minimum atomic E-state index is 0.279. The SMILES string of the molecule is C=CCC[C@H](c1c(Cl)cccc1Cl)N1CCNCC1. The van der Waals surface area contributed by atoms with Crippen LogP contribution in [0, 0.1) is 0 Å². The van der Waals surface area contributed by atoms with Crippen LogP contribution >= 0.6 is 23.2 Å². The van der Waals surface area contributed by atoms with Crippen molar-refractivity contribution in [3.05, 3.63) is 46.5 Å². The average molecular weight is 299 g/mol. The van der Waals surface area contributed by atoms with Gasteiger partial charge in [-0.15, -0.1) is 6.58 Å². The first-order chi connectivity index (χ1) is 9.24. The van der Waals surface area contributed by atoms with E-state index in [1.165, 1.54) is 0 Å². The molecule has 0 unspecified atom stereocenters. The van der Waals surface area contributed by atoms with E-state index < -0.39 is 0 Å². The van der Waals surface area contributed by atoms with Gasteiger partial charge in [0.25, 0.3) is 0 Å². The maximum atomic E-state index is 6.37. The van der Waals surface area contributed by atoms with E-state index in [1.807, 2.05) is 24.3 Å². The Kier molecular flexibility index (Phi) is 5.71. The summed E-state index contributed by atoms with van der Waals surface area (Å²) in [5, 5.41) is 4.91. The monoisotopic (exact) mass is 298 g/mol. The predicted octanol–water partition coefficient (Wildman–Crippen LogP) is 3.91. The molecule has 19 heavy (non-hydrogen) atoms. The lowest BCUT2D eigenvalue weighted by molar-refractivity contribution is 0.166. The maximum Gasteiger partial charge on any atom is 0.0468 e. The summed E-state index contributed by atoms with van der Waals surface area (Å²) in [6.07, 6.45) is 3.93. The fourth-order valence-electron chi connectivity index (χ4n) is 2.61. The normalized spacial score (nSPS) is 18.2. The second-order valence-corrected chi connectivity index (χ2v) is 5.62. The van der Waals surface area contributed by atoms with Crippen LogP contribution in [0.3, 0.4) is 0 Å². The summed E-state index contributed by atoms with van der Waals surface area (Å²) in [4.78, 5) is 2.47. The smallest absolute Gasteiger partial charge is 0.0468 e. The molecule has 0 bridgehead atoms. The first kappa shape index (κ1) is 14.9. The van der Waals surface area contributed by atoms with E-state index in [-0.39, 0.29) is 6.04 Å². The highest BCUT2D eigenvalue weighted by Gasteiger charge is 2.25. The molecule has 2 rings (SSSR count). The molecule has 0 amide bonds. The van der Waals surface area contributed by atoms with E-state index in [2.05, 4.69) is 16.8 Å². The number of allylic oxidation sites excluding steroid dienone is 1. The molecule has 0 spiro atoms. The number of hydrogen-bond acceptors (Lipinski definition) is 2. The van der Waals surface area contributed by atoms with Gasteiger partial charge in [-0.3, -0.25) is 4.90 Å². The molecule has 0 aromatic heterocycles. The number of nitrogens with one attached hydrogen (secondary N) is 1. The van der Waals surface area contributed by atoms with E-state index in [9.17, 15) is 0 Å². The summed E-state index contributed by atoms with van der Waals surface area (Å²) >= 11 is 12.7. The van der Waals surface area contributed by atoms with Gasteiger partial charge in [-0.05, 0) is 25.0 Å². The van der Waals surface area contributed by atoms with E-state index in [1.54, 1.807) is 0 Å². The van der Waals surface area contributed by atoms with Crippen molar-refractivity contribution in [1.82, 2.24) is 10.2 Å². The Labute approximate surface area is 125 Å². The number of nitrogens with zero attached hydrogens (tertiary/aromatic N) is 1. The van der Waals surface area contributed by atoms with E-state index in [0.717, 1.165) is 54.6 Å². The average Bonchev–Trinajstić information content (AvgIpc) is 2.43. The molecular formula is C15H20Cl2N2. The zero-order valence-corrected chi connectivity index (χ0v) is 12.6. The Morgan fingerprint density at radius 3 is 2.47 bits per heavy atom. The van der Waals surface area contributed by atoms with Gasteiger partial charge in [0.2, 0.25) is 0 Å². The van der Waals surface area contributed by atoms with Crippen LogP contribution in [0.15, 0.2) is 30.9 Å². The third kappa shape index (κ3) is 3.73. The standard InChI is InChI=1S/C15H20Cl2N2/c1-2-3-7-14(19-10-8-18-9-11-19)15-12(16)5-4-6-13(15)17/h2,4-6,14,18H,1,3,7-11H2/t14-/m1/s1. The summed E-state index contributed by atoms with van der Waals surface area (Å²) in [5.41, 5.74) is 1.06. The Morgan fingerprint density at radius 2 is 1.89 bits per heavy atom. The van der Waals surface area contributed by atoms with Gasteiger partial charge in [-0.1, -0.05) is 35.3 Å². The van der Waals surface area contributed by atoms with Gasteiger partial charge in [0.15, 0.2) is 0 Å². The van der Waals surface area contributed by atoms with Crippen molar-refractivity contribution in [2.24, 2.45) is 0 Å². The van der Waals surface area contributed by atoms with Crippen molar-refractivity contribution in [3.63, 3.8) is 0 Å². The summed E-state index contributed by atoms with van der Waals surface area (Å²) in [6, 6.07) is 6.02. The van der Waals surface area contributed by atoms with Gasteiger partial charge < -0.3 is 5.32 Å². The zero-order chi connectivity index (χ0) is 13.7. The van der Waals surface area contributed by atoms with Gasteiger partial charge in [0.1, 0.15) is 0 Å². The molecule has 1 saturated heterocycles. The fourth-order valence-corrected chi connectivity index (χ4v) is 3.26. The highest BCUT2D eigenvalue weighted by atomic mass is 35.5. The predicted molar refractivity (Wildman–Crippen MR) is 83.1 cm³/mol. The molecule has 1 atom stereocenters. The molecule has 0 aliphatic carbocycles. The summed E-state index contributed by atoms with van der Waals surface area (Å²) in [5.74, 6) is 0. The molecule has 2 nitrogen and oxygen atoms in total. The lowest BCUT2D eigenvalue weighted by Crippen LogP contribution is -2.45. The van der Waals surface area contributed by atoms with Crippen molar-refractivity contribution < 1.29 is 0 Å². The fraction of sp³-hybridized carbons (Fsp3) is 0.467. The van der Waals surface area contributed by atoms with Crippen LogP contribution in [0.1, 0.15) is 24.4 Å². The Bertz CT molecular complexity index is 408. The topological polar surface area (TPSA) is 15.3 Å². The maximum absolute atomic E-state index is 6.37. The highest BCUT2D eigenvalue weighted by Crippen LogP contribution is 2.36. The van der Waals surface area contributed by atoms with Crippen LogP contribution < -0.4 is 5.32 Å². The zero-order valence-electron chi connectivity index (χ0n) is 11.0. The molecule has 1 aliphatic heterocycles. The van der Waals surface area contributed by atoms with Crippen molar-refractivity contribution in [2.75, 3.05) is 26.2 Å². The van der Waals surface area contributed by atoms with Crippen LogP contribution in [0.4, 0.5) is 0 Å². The molecule has 4 heteroatoms. The third-order valence-electron chi connectivity index (χ3n) is 3.57. The van der Waals surface area contributed by atoms with Gasteiger partial charge in [-0.25, -0.2) is 0 Å². The van der Waals surface area contributed by atoms with Crippen LogP contribution in [0.5, 0.6) is 0 Å². The van der Waals surface area contributed by atoms with Crippen LogP contribution in [-0.4, -0.2) is 31.1 Å². The second-order valence-electron chi connectivity index (χ2n) is 4.80. The van der Waals surface area contributed by atoms with Gasteiger partial charge >= 0.3 is 0 Å². The molecule has 1 aliphatic rings. The summed E-state index contributed by atoms with van der Waals surface area (Å²) < 4.78 is 0. The molecule has 0 radical (unpaired) electrons. The van der Waals surface area contributed by atoms with Gasteiger partial charge in [0, 0.05) is 47.8 Å². The number of benzene rings is 1. The molecule has 1 aromatic carbocycles. The third-order valence-corrected chi connectivity index (χ3v) is 4.23. The number of hydrogen-bond donors (Lipinski definition) is 1. The molecule has 1 aromatic rings. The van der Waals surface area contributed by atoms with Crippen LogP contribution in [0.2, 0.25) is 10.0 Å². The molecule has 1 heterocycles.